The van der Waals surface area contributed by atoms with Crippen molar-refractivity contribution in [1.82, 2.24) is 4.98 Å². The van der Waals surface area contributed by atoms with Crippen LogP contribution in [0.5, 0.6) is 5.75 Å². The average molecular weight is 199 g/mol. The van der Waals surface area contributed by atoms with Gasteiger partial charge in [0.25, 0.3) is 0 Å². The van der Waals surface area contributed by atoms with Crippen LogP contribution in [0.3, 0.4) is 0 Å². The van der Waals surface area contributed by atoms with E-state index in [1.54, 1.807) is 6.20 Å². The lowest BCUT2D eigenvalue weighted by atomic mass is 10.1. The zero-order valence-electron chi connectivity index (χ0n) is 8.68. The summed E-state index contributed by atoms with van der Waals surface area (Å²) in [5.74, 6) is 0.839. The third-order valence-electron chi connectivity index (χ3n) is 2.12. The second-order valence-electron chi connectivity index (χ2n) is 3.15. The van der Waals surface area contributed by atoms with Crippen molar-refractivity contribution < 1.29 is 4.74 Å². The number of rotatable bonds is 3. The van der Waals surface area contributed by atoms with Gasteiger partial charge in [-0.3, -0.25) is 4.98 Å². The maximum Gasteiger partial charge on any atom is 0.145 e. The molecule has 0 aliphatic rings. The summed E-state index contributed by atoms with van der Waals surface area (Å²) in [4.78, 5) is 4.34. The highest BCUT2D eigenvalue weighted by Crippen LogP contribution is 2.26. The van der Waals surface area contributed by atoms with Gasteiger partial charge >= 0.3 is 0 Å². The van der Waals surface area contributed by atoms with E-state index in [1.807, 2.05) is 49.4 Å². The molecule has 0 N–H and O–H groups in total. The topological polar surface area (TPSA) is 22.1 Å². The lowest BCUT2D eigenvalue weighted by molar-refractivity contribution is 0.340. The Morgan fingerprint density at radius 3 is 2.60 bits per heavy atom. The van der Waals surface area contributed by atoms with Crippen LogP contribution in [0, 0.1) is 0 Å². The Morgan fingerprint density at radius 2 is 1.87 bits per heavy atom. The first kappa shape index (κ1) is 9.71. The number of hydrogen-bond donors (Lipinski definition) is 0. The Balaban J connectivity index is 2.43. The monoisotopic (exact) mass is 199 g/mol. The van der Waals surface area contributed by atoms with Gasteiger partial charge in [0.15, 0.2) is 0 Å². The van der Waals surface area contributed by atoms with Crippen molar-refractivity contribution in [3.8, 4) is 17.0 Å². The molecular weight excluding hydrogens is 186 g/mol. The number of benzene rings is 1. The number of ether oxygens (including phenoxy) is 1. The molecule has 0 fully saturated rings. The van der Waals surface area contributed by atoms with Crippen LogP contribution in [0.4, 0.5) is 0 Å². The van der Waals surface area contributed by atoms with Gasteiger partial charge in [-0.2, -0.15) is 0 Å². The molecule has 0 bridgehead atoms. The average Bonchev–Trinajstić information content (AvgIpc) is 2.31. The van der Waals surface area contributed by atoms with Crippen molar-refractivity contribution >= 4 is 0 Å². The fourth-order valence-corrected chi connectivity index (χ4v) is 1.48. The SMILES string of the molecule is CCOc1cccnc1-c1ccccc1. The molecule has 15 heavy (non-hydrogen) atoms. The first-order chi connectivity index (χ1) is 7.42. The molecule has 0 unspecified atom stereocenters. The molecule has 2 aromatic rings. The zero-order valence-corrected chi connectivity index (χ0v) is 8.68. The molecule has 0 radical (unpaired) electrons. The van der Waals surface area contributed by atoms with Gasteiger partial charge < -0.3 is 4.74 Å². The van der Waals surface area contributed by atoms with Crippen molar-refractivity contribution in [2.24, 2.45) is 0 Å². The number of pyridine rings is 1. The third kappa shape index (κ3) is 2.15. The van der Waals surface area contributed by atoms with Crippen LogP contribution in [0.25, 0.3) is 11.3 Å². The van der Waals surface area contributed by atoms with Gasteiger partial charge in [-0.1, -0.05) is 30.3 Å². The normalized spacial score (nSPS) is 9.93. The molecule has 0 saturated carbocycles. The smallest absolute Gasteiger partial charge is 0.145 e. The highest BCUT2D eigenvalue weighted by atomic mass is 16.5. The summed E-state index contributed by atoms with van der Waals surface area (Å²) in [7, 11) is 0. The van der Waals surface area contributed by atoms with Crippen molar-refractivity contribution in [3.63, 3.8) is 0 Å². The van der Waals surface area contributed by atoms with Crippen molar-refractivity contribution in [1.29, 1.82) is 0 Å². The standard InChI is InChI=1S/C13H13NO/c1-2-15-12-9-6-10-14-13(12)11-7-4-3-5-8-11/h3-10H,2H2,1H3. The van der Waals surface area contributed by atoms with Gasteiger partial charge in [0, 0.05) is 11.8 Å². The van der Waals surface area contributed by atoms with E-state index in [0.717, 1.165) is 17.0 Å². The molecule has 76 valence electrons. The third-order valence-corrected chi connectivity index (χ3v) is 2.12. The van der Waals surface area contributed by atoms with Gasteiger partial charge in [-0.15, -0.1) is 0 Å². The van der Waals surface area contributed by atoms with E-state index in [4.69, 9.17) is 4.74 Å². The molecule has 2 nitrogen and oxygen atoms in total. The number of nitrogens with zero attached hydrogens (tertiary/aromatic N) is 1. The van der Waals surface area contributed by atoms with Crippen LogP contribution >= 0.6 is 0 Å². The van der Waals surface area contributed by atoms with Gasteiger partial charge in [0.2, 0.25) is 0 Å². The molecule has 0 aliphatic heterocycles. The Labute approximate surface area is 89.6 Å². The summed E-state index contributed by atoms with van der Waals surface area (Å²) in [5.41, 5.74) is 1.99. The Hall–Kier alpha value is -1.83. The molecular formula is C13H13NO. The lowest BCUT2D eigenvalue weighted by Gasteiger charge is -2.08. The second kappa shape index (κ2) is 4.60. The minimum absolute atomic E-state index is 0.658. The van der Waals surface area contributed by atoms with E-state index < -0.39 is 0 Å². The van der Waals surface area contributed by atoms with Gasteiger partial charge in [0.1, 0.15) is 11.4 Å². The molecule has 0 amide bonds. The summed E-state index contributed by atoms with van der Waals surface area (Å²) in [6, 6.07) is 13.9. The second-order valence-corrected chi connectivity index (χ2v) is 3.15. The predicted molar refractivity (Wildman–Crippen MR) is 60.8 cm³/mol. The van der Waals surface area contributed by atoms with Crippen molar-refractivity contribution in [3.05, 3.63) is 48.7 Å². The van der Waals surface area contributed by atoms with E-state index in [9.17, 15) is 0 Å². The molecule has 1 heterocycles. The summed E-state index contributed by atoms with van der Waals surface area (Å²) >= 11 is 0. The van der Waals surface area contributed by atoms with Crippen LogP contribution in [0.15, 0.2) is 48.7 Å². The fraction of sp³-hybridized carbons (Fsp3) is 0.154. The van der Waals surface area contributed by atoms with Gasteiger partial charge in [-0.25, -0.2) is 0 Å². The summed E-state index contributed by atoms with van der Waals surface area (Å²) in [6.45, 7) is 2.63. The van der Waals surface area contributed by atoms with Crippen LogP contribution in [0.2, 0.25) is 0 Å². The summed E-state index contributed by atoms with van der Waals surface area (Å²) in [6.07, 6.45) is 1.78. The van der Waals surface area contributed by atoms with Crippen LogP contribution in [0.1, 0.15) is 6.92 Å². The summed E-state index contributed by atoms with van der Waals surface area (Å²) < 4.78 is 5.53. The van der Waals surface area contributed by atoms with E-state index in [1.165, 1.54) is 0 Å². The van der Waals surface area contributed by atoms with Crippen molar-refractivity contribution in [2.45, 2.75) is 6.92 Å². The maximum atomic E-state index is 5.53. The van der Waals surface area contributed by atoms with E-state index >= 15 is 0 Å². The van der Waals surface area contributed by atoms with Crippen LogP contribution in [-0.4, -0.2) is 11.6 Å². The Morgan fingerprint density at radius 1 is 1.07 bits per heavy atom. The summed E-state index contributed by atoms with van der Waals surface area (Å²) in [5, 5.41) is 0. The zero-order chi connectivity index (χ0) is 10.5. The molecule has 1 aromatic heterocycles. The predicted octanol–water partition coefficient (Wildman–Crippen LogP) is 3.15. The fourth-order valence-electron chi connectivity index (χ4n) is 1.48. The van der Waals surface area contributed by atoms with Crippen molar-refractivity contribution in [2.75, 3.05) is 6.61 Å². The highest BCUT2D eigenvalue weighted by Gasteiger charge is 2.05. The molecule has 2 rings (SSSR count). The Kier molecular flexibility index (Phi) is 2.98. The minimum atomic E-state index is 0.658. The molecule has 0 spiro atoms. The van der Waals surface area contributed by atoms with Crippen LogP contribution in [-0.2, 0) is 0 Å². The number of hydrogen-bond acceptors (Lipinski definition) is 2. The number of aromatic nitrogens is 1. The minimum Gasteiger partial charge on any atom is -0.492 e. The van der Waals surface area contributed by atoms with Gasteiger partial charge in [0.05, 0.1) is 6.61 Å². The maximum absolute atomic E-state index is 5.53. The lowest BCUT2D eigenvalue weighted by Crippen LogP contribution is -1.95. The molecule has 0 saturated heterocycles. The highest BCUT2D eigenvalue weighted by molar-refractivity contribution is 5.65. The molecule has 1 aromatic carbocycles. The Bertz CT molecular complexity index is 426. The van der Waals surface area contributed by atoms with E-state index in [0.29, 0.717) is 6.61 Å². The molecule has 0 atom stereocenters. The van der Waals surface area contributed by atoms with E-state index in [-0.39, 0.29) is 0 Å². The van der Waals surface area contributed by atoms with Gasteiger partial charge in [-0.05, 0) is 19.1 Å². The molecule has 0 aliphatic carbocycles. The van der Waals surface area contributed by atoms with Crippen LogP contribution < -0.4 is 4.74 Å². The first-order valence-corrected chi connectivity index (χ1v) is 5.05. The largest absolute Gasteiger partial charge is 0.492 e. The molecule has 2 heteroatoms. The first-order valence-electron chi connectivity index (χ1n) is 5.05. The van der Waals surface area contributed by atoms with E-state index in [2.05, 4.69) is 4.98 Å². The quantitative estimate of drug-likeness (QED) is 0.757.